The monoisotopic (exact) mass is 1020 g/mol. The Hall–Kier alpha value is -4.60. The fraction of sp³-hybridized carbons (Fsp3) is 0.333. The van der Waals surface area contributed by atoms with Crippen molar-refractivity contribution in [1.82, 2.24) is 0 Å². The third kappa shape index (κ3) is 15.0. The molecule has 8 rings (SSSR count). The minimum Gasteiger partial charge on any atom is -0.0622 e. The van der Waals surface area contributed by atoms with Crippen LogP contribution in [0.15, 0.2) is 194 Å². The SMILES string of the molecule is C=C1[C@@H](CO[Si](C)(C)O[C@@H]2[C@@H](OCc3ccccc3)[C@@H](OCc3ccccc3)[C@@H](COCc3ccccc3)O[C@H]2[Se]c2ccccc2)O[C@H](OC)[C@H](OCc2ccccc2)[C@H]1OCc1ccccc1. The Morgan fingerprint density at radius 3 is 1.42 bits per heavy atom. The average molecular weight is 1020 g/mol. The van der Waals surface area contributed by atoms with Crippen molar-refractivity contribution in [2.24, 2.45) is 0 Å². The molecular weight excluding hydrogens is 952 g/mol. The summed E-state index contributed by atoms with van der Waals surface area (Å²) in [6.45, 7) is 10.9. The molecule has 0 aliphatic carbocycles. The number of hydrogen-bond donors (Lipinski definition) is 0. The van der Waals surface area contributed by atoms with Crippen LogP contribution >= 0.6 is 0 Å². The van der Waals surface area contributed by atoms with E-state index in [0.29, 0.717) is 38.6 Å². The molecule has 2 aliphatic heterocycles. The fourth-order valence-corrected chi connectivity index (χ4v) is 12.5. The molecular formula is C57H64O10SeSi. The van der Waals surface area contributed by atoms with Crippen molar-refractivity contribution in [3.63, 3.8) is 0 Å². The standard InChI is InChI=1S/C57H64O10SeSi/c1-42-49(65-56(58-2)54(63-39-47-31-19-9-20-32-47)51(42)60-36-44-25-13-6-14-26-44)41-64-69(3,4)67-55-53(62-38-46-29-17-8-18-30-46)52(61-37-45-27-15-7-16-28-45)50(40-59-35-43-23-11-5-12-24-43)66-57(55)68-48-33-21-10-22-34-48/h5-34,49-57H,1,35-41H2,2-4H3/t49-,50-,51+,52+,53+,54-,55-,56+,57+/m1/s1. The van der Waals surface area contributed by atoms with Gasteiger partial charge in [-0.3, -0.25) is 0 Å². The van der Waals surface area contributed by atoms with E-state index in [9.17, 15) is 0 Å². The molecule has 0 saturated carbocycles. The summed E-state index contributed by atoms with van der Waals surface area (Å²) in [6, 6.07) is 61.1. The van der Waals surface area contributed by atoms with E-state index < -0.39 is 62.6 Å². The summed E-state index contributed by atoms with van der Waals surface area (Å²) in [5, 5.41) is -0.394. The molecule has 2 heterocycles. The van der Waals surface area contributed by atoms with Gasteiger partial charge in [-0.2, -0.15) is 0 Å². The van der Waals surface area contributed by atoms with Crippen molar-refractivity contribution in [2.45, 2.75) is 100 Å². The molecule has 0 spiro atoms. The zero-order chi connectivity index (χ0) is 47.7. The first-order chi connectivity index (χ1) is 33.8. The van der Waals surface area contributed by atoms with Crippen molar-refractivity contribution >= 4 is 28.0 Å². The average Bonchev–Trinajstić information content (AvgIpc) is 3.39. The van der Waals surface area contributed by atoms with E-state index in [2.05, 4.69) is 80.3 Å². The van der Waals surface area contributed by atoms with Gasteiger partial charge in [-0.25, -0.2) is 0 Å². The Kier molecular flexibility index (Phi) is 19.1. The van der Waals surface area contributed by atoms with Crippen LogP contribution in [0.25, 0.3) is 0 Å². The van der Waals surface area contributed by atoms with E-state index in [1.165, 1.54) is 4.46 Å². The van der Waals surface area contributed by atoms with Gasteiger partial charge in [-0.1, -0.05) is 60.7 Å². The van der Waals surface area contributed by atoms with Crippen LogP contribution in [-0.4, -0.2) is 97.9 Å². The normalized spacial score (nSPS) is 24.0. The van der Waals surface area contributed by atoms with E-state index in [0.717, 1.165) is 27.8 Å². The van der Waals surface area contributed by atoms with E-state index in [4.69, 9.17) is 46.7 Å². The van der Waals surface area contributed by atoms with Crippen LogP contribution in [-0.2, 0) is 79.8 Å². The molecule has 9 atom stereocenters. The molecule has 0 bridgehead atoms. The van der Waals surface area contributed by atoms with Gasteiger partial charge in [0.1, 0.15) is 0 Å². The topological polar surface area (TPSA) is 92.3 Å². The quantitative estimate of drug-likeness (QED) is 0.0432. The predicted molar refractivity (Wildman–Crippen MR) is 270 cm³/mol. The van der Waals surface area contributed by atoms with Crippen LogP contribution in [0.5, 0.6) is 0 Å². The summed E-state index contributed by atoms with van der Waals surface area (Å²) >= 11 is -0.211. The number of ether oxygens (including phenoxy) is 8. The van der Waals surface area contributed by atoms with Gasteiger partial charge in [0.25, 0.3) is 0 Å². The molecule has 0 aromatic heterocycles. The maximum absolute atomic E-state index is 7.38. The molecule has 362 valence electrons. The van der Waals surface area contributed by atoms with Crippen LogP contribution < -0.4 is 4.46 Å². The van der Waals surface area contributed by atoms with Gasteiger partial charge in [0, 0.05) is 0 Å². The minimum absolute atomic E-state index is 0.149. The number of methoxy groups -OCH3 is 1. The number of rotatable bonds is 24. The van der Waals surface area contributed by atoms with Gasteiger partial charge in [0.05, 0.1) is 0 Å². The zero-order valence-electron chi connectivity index (χ0n) is 39.7. The summed E-state index contributed by atoms with van der Waals surface area (Å²) in [6.07, 6.45) is -4.70. The Bertz CT molecular complexity index is 2390. The van der Waals surface area contributed by atoms with E-state index >= 15 is 0 Å². The van der Waals surface area contributed by atoms with Crippen molar-refractivity contribution in [3.05, 3.63) is 222 Å². The maximum atomic E-state index is 7.38. The Balaban J connectivity index is 1.06. The molecule has 0 unspecified atom stereocenters. The first-order valence-electron chi connectivity index (χ1n) is 23.6. The second-order valence-corrected chi connectivity index (χ2v) is 23.4. The fourth-order valence-electron chi connectivity index (χ4n) is 8.39. The van der Waals surface area contributed by atoms with Crippen LogP contribution in [0.4, 0.5) is 0 Å². The summed E-state index contributed by atoms with van der Waals surface area (Å²) in [5.74, 6) is 0. The summed E-state index contributed by atoms with van der Waals surface area (Å²) in [4.78, 5) is 0. The van der Waals surface area contributed by atoms with Crippen molar-refractivity contribution in [3.8, 4) is 0 Å². The molecule has 0 N–H and O–H groups in total. The molecule has 6 aromatic rings. The van der Waals surface area contributed by atoms with E-state index in [1.54, 1.807) is 7.11 Å². The molecule has 0 radical (unpaired) electrons. The first kappa shape index (κ1) is 50.8. The van der Waals surface area contributed by atoms with Crippen molar-refractivity contribution in [2.75, 3.05) is 20.3 Å². The molecule has 69 heavy (non-hydrogen) atoms. The Labute approximate surface area is 415 Å². The first-order valence-corrected chi connectivity index (χ1v) is 28.3. The zero-order valence-corrected chi connectivity index (χ0v) is 42.4. The van der Waals surface area contributed by atoms with Crippen LogP contribution in [0.3, 0.4) is 0 Å². The molecule has 2 aliphatic rings. The minimum atomic E-state index is -3.09. The smallest absolute Gasteiger partial charge is 0.0622 e. The second-order valence-electron chi connectivity index (χ2n) is 17.6. The van der Waals surface area contributed by atoms with Crippen molar-refractivity contribution < 1.29 is 46.7 Å². The summed E-state index contributed by atoms with van der Waals surface area (Å²) in [7, 11) is -1.47. The van der Waals surface area contributed by atoms with Gasteiger partial charge >= 0.3 is 351 Å². The Morgan fingerprint density at radius 1 is 0.493 bits per heavy atom. The third-order valence-electron chi connectivity index (χ3n) is 12.0. The number of hydrogen-bond acceptors (Lipinski definition) is 10. The van der Waals surface area contributed by atoms with E-state index in [-0.39, 0.29) is 28.2 Å². The van der Waals surface area contributed by atoms with Crippen LogP contribution in [0.2, 0.25) is 13.1 Å². The molecule has 2 fully saturated rings. The second kappa shape index (κ2) is 26.0. The summed E-state index contributed by atoms with van der Waals surface area (Å²) < 4.78 is 69.0. The molecule has 10 nitrogen and oxygen atoms in total. The van der Waals surface area contributed by atoms with Gasteiger partial charge in [0.15, 0.2) is 0 Å². The molecule has 2 saturated heterocycles. The van der Waals surface area contributed by atoms with Gasteiger partial charge < -0.3 is 0 Å². The third-order valence-corrected chi connectivity index (χ3v) is 16.1. The summed E-state index contributed by atoms with van der Waals surface area (Å²) in [5.41, 5.74) is 5.91. The van der Waals surface area contributed by atoms with Crippen molar-refractivity contribution in [1.29, 1.82) is 0 Å². The van der Waals surface area contributed by atoms with Gasteiger partial charge in [0.2, 0.25) is 0 Å². The van der Waals surface area contributed by atoms with Gasteiger partial charge in [-0.05, 0) is 5.56 Å². The Morgan fingerprint density at radius 2 is 0.928 bits per heavy atom. The number of benzene rings is 6. The molecule has 6 aromatic carbocycles. The molecule has 0 amide bonds. The molecule has 12 heteroatoms. The predicted octanol–water partition coefficient (Wildman–Crippen LogP) is 9.33. The van der Waals surface area contributed by atoms with Crippen LogP contribution in [0, 0.1) is 0 Å². The van der Waals surface area contributed by atoms with Gasteiger partial charge in [-0.15, -0.1) is 0 Å². The van der Waals surface area contributed by atoms with E-state index in [1.807, 2.05) is 121 Å². The van der Waals surface area contributed by atoms with Crippen LogP contribution in [0.1, 0.15) is 27.8 Å².